The predicted molar refractivity (Wildman–Crippen MR) is 124 cm³/mol. The number of carbonyl (C=O) groups is 2. The summed E-state index contributed by atoms with van der Waals surface area (Å²) in [5, 5.41) is 7.99. The molecule has 33 heavy (non-hydrogen) atoms. The zero-order chi connectivity index (χ0) is 23.5. The summed E-state index contributed by atoms with van der Waals surface area (Å²) in [7, 11) is 1.71. The Morgan fingerprint density at radius 3 is 2.70 bits per heavy atom. The Balaban J connectivity index is 1.36. The molecule has 0 fully saturated rings. The maximum Gasteiger partial charge on any atom is 0.251 e. The number of halogens is 1. The van der Waals surface area contributed by atoms with E-state index in [4.69, 9.17) is 21.1 Å². The molecule has 1 aliphatic heterocycles. The van der Waals surface area contributed by atoms with Crippen LogP contribution in [0.2, 0.25) is 5.02 Å². The van der Waals surface area contributed by atoms with E-state index >= 15 is 0 Å². The largest absolute Gasteiger partial charge is 0.454 e. The van der Waals surface area contributed by atoms with E-state index in [0.717, 1.165) is 22.5 Å². The second-order valence-corrected chi connectivity index (χ2v) is 8.31. The molecule has 2 aromatic carbocycles. The van der Waals surface area contributed by atoms with E-state index in [1.807, 2.05) is 42.8 Å². The van der Waals surface area contributed by atoms with E-state index in [0.29, 0.717) is 35.2 Å². The summed E-state index contributed by atoms with van der Waals surface area (Å²) in [5.74, 6) is 0.561. The molecule has 0 bridgehead atoms. The number of carbonyl (C=O) groups excluding carboxylic acids is 2. The number of rotatable bonds is 7. The summed E-state index contributed by atoms with van der Waals surface area (Å²) >= 11 is 6.29. The zero-order valence-electron chi connectivity index (χ0n) is 18.7. The van der Waals surface area contributed by atoms with E-state index < -0.39 is 0 Å². The molecule has 0 saturated heterocycles. The molecule has 0 spiro atoms. The average molecular weight is 469 g/mol. The Morgan fingerprint density at radius 2 is 1.91 bits per heavy atom. The van der Waals surface area contributed by atoms with Crippen LogP contribution in [0.5, 0.6) is 11.5 Å². The Hall–Kier alpha value is -3.52. The van der Waals surface area contributed by atoms with Crippen molar-refractivity contribution < 1.29 is 19.1 Å². The van der Waals surface area contributed by atoms with Gasteiger partial charge in [-0.15, -0.1) is 0 Å². The minimum atomic E-state index is -0.352. The molecule has 8 nitrogen and oxygen atoms in total. The maximum atomic E-state index is 12.7. The van der Waals surface area contributed by atoms with E-state index in [9.17, 15) is 9.59 Å². The first-order chi connectivity index (χ1) is 15.8. The number of hydrogen-bond acceptors (Lipinski definition) is 5. The molecule has 0 radical (unpaired) electrons. The Bertz CT molecular complexity index is 1210. The van der Waals surface area contributed by atoms with Gasteiger partial charge in [-0.3, -0.25) is 14.3 Å². The quantitative estimate of drug-likeness (QED) is 0.575. The summed E-state index contributed by atoms with van der Waals surface area (Å²) in [4.78, 5) is 26.7. The van der Waals surface area contributed by atoms with E-state index in [1.165, 1.54) is 0 Å². The van der Waals surface area contributed by atoms with Crippen LogP contribution in [0.4, 0.5) is 0 Å². The van der Waals surface area contributed by atoms with Crippen LogP contribution in [0.3, 0.4) is 0 Å². The van der Waals surface area contributed by atoms with Crippen molar-refractivity contribution in [3.05, 3.63) is 75.6 Å². The molecule has 1 N–H and O–H groups in total. The molecule has 2 heterocycles. The number of likely N-dealkylation sites (N-methyl/N-ethyl adjacent to an activating group) is 1. The van der Waals surface area contributed by atoms with Gasteiger partial charge in [0.15, 0.2) is 11.5 Å². The first-order valence-corrected chi connectivity index (χ1v) is 10.9. The van der Waals surface area contributed by atoms with Crippen molar-refractivity contribution in [2.75, 3.05) is 20.4 Å². The third-order valence-electron chi connectivity index (χ3n) is 5.67. The summed E-state index contributed by atoms with van der Waals surface area (Å²) < 4.78 is 12.4. The van der Waals surface area contributed by atoms with Gasteiger partial charge < -0.3 is 19.7 Å². The Kier molecular flexibility index (Phi) is 6.55. The SMILES string of the molecule is Cc1nn(Cc2ccccc2Cl)c(C)c1CN(C)C(=O)CNC(=O)c1ccc2c(c1)OCO2. The highest BCUT2D eigenvalue weighted by atomic mass is 35.5. The fourth-order valence-electron chi connectivity index (χ4n) is 3.66. The third-order valence-corrected chi connectivity index (χ3v) is 6.03. The first kappa shape index (κ1) is 22.7. The number of amides is 2. The Morgan fingerprint density at radius 1 is 1.15 bits per heavy atom. The number of ether oxygens (including phenoxy) is 2. The van der Waals surface area contributed by atoms with Crippen LogP contribution in [0.1, 0.15) is 32.9 Å². The minimum absolute atomic E-state index is 0.115. The van der Waals surface area contributed by atoms with Gasteiger partial charge in [-0.2, -0.15) is 5.10 Å². The van der Waals surface area contributed by atoms with Crippen molar-refractivity contribution in [2.45, 2.75) is 26.9 Å². The minimum Gasteiger partial charge on any atom is -0.454 e. The molecule has 0 atom stereocenters. The molecular weight excluding hydrogens is 444 g/mol. The van der Waals surface area contributed by atoms with Gasteiger partial charge >= 0.3 is 0 Å². The highest BCUT2D eigenvalue weighted by molar-refractivity contribution is 6.31. The first-order valence-electron chi connectivity index (χ1n) is 10.5. The van der Waals surface area contributed by atoms with Gasteiger partial charge in [-0.25, -0.2) is 0 Å². The van der Waals surface area contributed by atoms with Crippen LogP contribution in [-0.4, -0.2) is 46.9 Å². The van der Waals surface area contributed by atoms with Gasteiger partial charge in [0, 0.05) is 35.4 Å². The predicted octanol–water partition coefficient (Wildman–Crippen LogP) is 3.32. The normalized spacial score (nSPS) is 12.0. The molecule has 9 heteroatoms. The fraction of sp³-hybridized carbons (Fsp3) is 0.292. The van der Waals surface area contributed by atoms with Crippen molar-refractivity contribution in [3.63, 3.8) is 0 Å². The zero-order valence-corrected chi connectivity index (χ0v) is 19.5. The van der Waals surface area contributed by atoms with E-state index in [1.54, 1.807) is 30.1 Å². The molecule has 2 amide bonds. The summed E-state index contributed by atoms with van der Waals surface area (Å²) in [6, 6.07) is 12.6. The molecule has 1 aliphatic rings. The molecule has 1 aromatic heterocycles. The monoisotopic (exact) mass is 468 g/mol. The lowest BCUT2D eigenvalue weighted by atomic mass is 10.1. The van der Waals surface area contributed by atoms with Crippen LogP contribution in [-0.2, 0) is 17.9 Å². The molecule has 4 rings (SSSR count). The standard InChI is InChI=1S/C24H25ClN4O4/c1-15-19(16(2)29(27-15)12-18-6-4-5-7-20(18)25)13-28(3)23(30)11-26-24(31)17-8-9-21-22(10-17)33-14-32-21/h4-10H,11-14H2,1-3H3,(H,26,31). The highest BCUT2D eigenvalue weighted by Crippen LogP contribution is 2.32. The van der Waals surface area contributed by atoms with E-state index in [2.05, 4.69) is 10.4 Å². The second-order valence-electron chi connectivity index (χ2n) is 7.90. The van der Waals surface area contributed by atoms with Crippen molar-refractivity contribution in [2.24, 2.45) is 0 Å². The van der Waals surface area contributed by atoms with Gasteiger partial charge in [0.25, 0.3) is 5.91 Å². The Labute approximate surface area is 197 Å². The molecule has 0 saturated carbocycles. The number of nitrogens with one attached hydrogen (secondary N) is 1. The van der Waals surface area contributed by atoms with Gasteiger partial charge in [0.1, 0.15) is 0 Å². The van der Waals surface area contributed by atoms with Crippen LogP contribution >= 0.6 is 11.6 Å². The summed E-state index contributed by atoms with van der Waals surface area (Å²) in [6.07, 6.45) is 0. The topological polar surface area (TPSA) is 85.7 Å². The number of aromatic nitrogens is 2. The van der Waals surface area contributed by atoms with E-state index in [-0.39, 0.29) is 25.2 Å². The van der Waals surface area contributed by atoms with Crippen LogP contribution in [0, 0.1) is 13.8 Å². The number of nitrogens with zero attached hydrogens (tertiary/aromatic N) is 3. The van der Waals surface area contributed by atoms with Crippen LogP contribution in [0.25, 0.3) is 0 Å². The van der Waals surface area contributed by atoms with Crippen LogP contribution in [0.15, 0.2) is 42.5 Å². The molecular formula is C24H25ClN4O4. The van der Waals surface area contributed by atoms with Crippen molar-refractivity contribution >= 4 is 23.4 Å². The number of aryl methyl sites for hydroxylation is 1. The summed E-state index contributed by atoms with van der Waals surface area (Å²) in [6.45, 7) is 4.86. The fourth-order valence-corrected chi connectivity index (χ4v) is 3.86. The molecule has 3 aromatic rings. The number of benzene rings is 2. The van der Waals surface area contributed by atoms with Gasteiger partial charge in [0.05, 0.1) is 18.8 Å². The number of fused-ring (bicyclic) bond motifs is 1. The average Bonchev–Trinajstić information content (AvgIpc) is 3.38. The number of hydrogen-bond donors (Lipinski definition) is 1. The second kappa shape index (κ2) is 9.54. The van der Waals surface area contributed by atoms with Gasteiger partial charge in [0.2, 0.25) is 12.7 Å². The van der Waals surface area contributed by atoms with Crippen LogP contribution < -0.4 is 14.8 Å². The van der Waals surface area contributed by atoms with Gasteiger partial charge in [-0.05, 0) is 43.7 Å². The molecule has 172 valence electrons. The molecule has 0 unspecified atom stereocenters. The lowest BCUT2D eigenvalue weighted by Gasteiger charge is -2.18. The molecule has 0 aliphatic carbocycles. The van der Waals surface area contributed by atoms with Crippen molar-refractivity contribution in [1.82, 2.24) is 20.0 Å². The highest BCUT2D eigenvalue weighted by Gasteiger charge is 2.19. The smallest absolute Gasteiger partial charge is 0.251 e. The van der Waals surface area contributed by atoms with Gasteiger partial charge in [-0.1, -0.05) is 29.8 Å². The maximum absolute atomic E-state index is 12.7. The third kappa shape index (κ3) is 4.96. The summed E-state index contributed by atoms with van der Waals surface area (Å²) in [5.41, 5.74) is 4.18. The lowest BCUT2D eigenvalue weighted by molar-refractivity contribution is -0.129. The lowest BCUT2D eigenvalue weighted by Crippen LogP contribution is -2.38. The van der Waals surface area contributed by atoms with Crippen molar-refractivity contribution in [3.8, 4) is 11.5 Å². The van der Waals surface area contributed by atoms with Crippen molar-refractivity contribution in [1.29, 1.82) is 0 Å².